The van der Waals surface area contributed by atoms with Gasteiger partial charge >= 0.3 is 0 Å². The Morgan fingerprint density at radius 2 is 2.05 bits per heavy atom. The fourth-order valence-corrected chi connectivity index (χ4v) is 3.85. The van der Waals surface area contributed by atoms with Gasteiger partial charge < -0.3 is 15.0 Å². The Morgan fingerprint density at radius 3 is 2.84 bits per heavy atom. The van der Waals surface area contributed by atoms with Gasteiger partial charge in [0.25, 0.3) is 0 Å². The molecule has 0 radical (unpaired) electrons. The van der Waals surface area contributed by atoms with Gasteiger partial charge in [-0.3, -0.25) is 0 Å². The summed E-state index contributed by atoms with van der Waals surface area (Å²) in [6.07, 6.45) is 8.67. The lowest BCUT2D eigenvalue weighted by Gasteiger charge is -2.33. The zero-order chi connectivity index (χ0) is 13.5. The largest absolute Gasteiger partial charge is 0.377 e. The van der Waals surface area contributed by atoms with Gasteiger partial charge in [-0.1, -0.05) is 13.3 Å². The molecule has 2 aliphatic rings. The smallest absolute Gasteiger partial charge is 0.0702 e. The molecule has 1 saturated carbocycles. The first-order chi connectivity index (χ1) is 9.33. The van der Waals surface area contributed by atoms with Crippen LogP contribution >= 0.6 is 0 Å². The van der Waals surface area contributed by atoms with E-state index in [2.05, 4.69) is 24.1 Å². The highest BCUT2D eigenvalue weighted by atomic mass is 16.5. The number of piperidine rings is 1. The van der Waals surface area contributed by atoms with Crippen LogP contribution in [0.25, 0.3) is 0 Å². The maximum Gasteiger partial charge on any atom is 0.0702 e. The monoisotopic (exact) mass is 268 g/mol. The fourth-order valence-electron chi connectivity index (χ4n) is 3.85. The molecule has 0 aromatic rings. The van der Waals surface area contributed by atoms with Crippen molar-refractivity contribution in [1.29, 1.82) is 0 Å². The number of hydrogen-bond acceptors (Lipinski definition) is 3. The van der Waals surface area contributed by atoms with Gasteiger partial charge in [0.05, 0.1) is 6.10 Å². The number of likely N-dealkylation sites (tertiary alicyclic amines) is 1. The molecule has 1 aliphatic carbocycles. The third-order valence-electron chi connectivity index (χ3n) is 4.81. The lowest BCUT2D eigenvalue weighted by atomic mass is 9.98. The van der Waals surface area contributed by atoms with E-state index in [-0.39, 0.29) is 0 Å². The van der Waals surface area contributed by atoms with Crippen LogP contribution < -0.4 is 5.32 Å². The Hall–Kier alpha value is -0.120. The van der Waals surface area contributed by atoms with Crippen LogP contribution in [0.15, 0.2) is 0 Å². The van der Waals surface area contributed by atoms with Gasteiger partial charge in [-0.25, -0.2) is 0 Å². The highest BCUT2D eigenvalue weighted by molar-refractivity contribution is 4.84. The van der Waals surface area contributed by atoms with Crippen LogP contribution in [0.4, 0.5) is 0 Å². The Morgan fingerprint density at radius 1 is 1.16 bits per heavy atom. The molecule has 0 spiro atoms. The number of nitrogens with zero attached hydrogens (tertiary/aromatic N) is 1. The maximum absolute atomic E-state index is 5.79. The summed E-state index contributed by atoms with van der Waals surface area (Å²) in [7, 11) is 0. The molecule has 3 heteroatoms. The van der Waals surface area contributed by atoms with Crippen LogP contribution in [0.1, 0.15) is 52.4 Å². The van der Waals surface area contributed by atoms with Crippen molar-refractivity contribution >= 4 is 0 Å². The van der Waals surface area contributed by atoms with Gasteiger partial charge in [-0.2, -0.15) is 0 Å². The van der Waals surface area contributed by atoms with Crippen molar-refractivity contribution in [1.82, 2.24) is 10.2 Å². The van der Waals surface area contributed by atoms with E-state index in [1.54, 1.807) is 0 Å². The molecule has 3 atom stereocenters. The summed E-state index contributed by atoms with van der Waals surface area (Å²) in [6.45, 7) is 10.0. The van der Waals surface area contributed by atoms with E-state index < -0.39 is 0 Å². The minimum Gasteiger partial charge on any atom is -0.377 e. The topological polar surface area (TPSA) is 24.5 Å². The Labute approximate surface area is 119 Å². The summed E-state index contributed by atoms with van der Waals surface area (Å²) in [5.41, 5.74) is 0. The van der Waals surface area contributed by atoms with E-state index in [9.17, 15) is 0 Å². The molecule has 0 aromatic carbocycles. The molecule has 0 amide bonds. The first-order valence-corrected chi connectivity index (χ1v) is 8.40. The summed E-state index contributed by atoms with van der Waals surface area (Å²) in [5.74, 6) is 0.910. The molecule has 19 heavy (non-hydrogen) atoms. The second kappa shape index (κ2) is 8.23. The molecular formula is C16H32N2O. The van der Waals surface area contributed by atoms with Crippen LogP contribution in [0.2, 0.25) is 0 Å². The first kappa shape index (κ1) is 15.3. The van der Waals surface area contributed by atoms with Crippen LogP contribution in [-0.4, -0.2) is 49.8 Å². The van der Waals surface area contributed by atoms with E-state index in [1.807, 2.05) is 0 Å². The molecule has 3 nitrogen and oxygen atoms in total. The van der Waals surface area contributed by atoms with Gasteiger partial charge in [0, 0.05) is 19.2 Å². The van der Waals surface area contributed by atoms with E-state index in [4.69, 9.17) is 4.74 Å². The van der Waals surface area contributed by atoms with E-state index in [0.717, 1.165) is 31.7 Å². The lowest BCUT2D eigenvalue weighted by molar-refractivity contribution is 0.00444. The van der Waals surface area contributed by atoms with E-state index in [1.165, 1.54) is 51.6 Å². The average Bonchev–Trinajstić information content (AvgIpc) is 2.85. The van der Waals surface area contributed by atoms with Crippen molar-refractivity contribution < 1.29 is 4.74 Å². The number of ether oxygens (including phenoxy) is 1. The maximum atomic E-state index is 5.79. The highest BCUT2D eigenvalue weighted by Gasteiger charge is 2.27. The minimum atomic E-state index is 0.492. The molecule has 1 aliphatic heterocycles. The SMILES string of the molecule is CCNC1CCCC1CCN1CCCC(OCC)C1. The molecule has 112 valence electrons. The average molecular weight is 268 g/mol. The van der Waals surface area contributed by atoms with E-state index >= 15 is 0 Å². The van der Waals surface area contributed by atoms with Crippen LogP contribution in [0.5, 0.6) is 0 Å². The van der Waals surface area contributed by atoms with Gasteiger partial charge in [-0.05, 0) is 64.6 Å². The second-order valence-corrected chi connectivity index (χ2v) is 6.16. The quantitative estimate of drug-likeness (QED) is 0.768. The fraction of sp³-hybridized carbons (Fsp3) is 1.00. The number of hydrogen-bond donors (Lipinski definition) is 1. The van der Waals surface area contributed by atoms with Gasteiger partial charge in [0.1, 0.15) is 0 Å². The lowest BCUT2D eigenvalue weighted by Crippen LogP contribution is -2.41. The number of nitrogens with one attached hydrogen (secondary N) is 1. The zero-order valence-corrected chi connectivity index (χ0v) is 12.9. The van der Waals surface area contributed by atoms with E-state index in [0.29, 0.717) is 6.10 Å². The third-order valence-corrected chi connectivity index (χ3v) is 4.81. The van der Waals surface area contributed by atoms with Crippen molar-refractivity contribution in [3.63, 3.8) is 0 Å². The molecule has 1 heterocycles. The van der Waals surface area contributed by atoms with Crippen LogP contribution in [0.3, 0.4) is 0 Å². The van der Waals surface area contributed by atoms with Crippen molar-refractivity contribution in [2.24, 2.45) is 5.92 Å². The van der Waals surface area contributed by atoms with Crippen molar-refractivity contribution in [3.05, 3.63) is 0 Å². The summed E-state index contributed by atoms with van der Waals surface area (Å²) in [5, 5.41) is 3.67. The Balaban J connectivity index is 1.69. The van der Waals surface area contributed by atoms with Crippen molar-refractivity contribution in [2.75, 3.05) is 32.8 Å². The molecule has 2 fully saturated rings. The molecule has 1 saturated heterocycles. The van der Waals surface area contributed by atoms with Gasteiger partial charge in [-0.15, -0.1) is 0 Å². The predicted octanol–water partition coefficient (Wildman–Crippen LogP) is 2.66. The molecule has 0 aromatic heterocycles. The summed E-state index contributed by atoms with van der Waals surface area (Å²) in [4.78, 5) is 2.63. The highest BCUT2D eigenvalue weighted by Crippen LogP contribution is 2.29. The minimum absolute atomic E-state index is 0.492. The van der Waals surface area contributed by atoms with Gasteiger partial charge in [0.15, 0.2) is 0 Å². The second-order valence-electron chi connectivity index (χ2n) is 6.16. The number of rotatable bonds is 7. The zero-order valence-electron chi connectivity index (χ0n) is 12.9. The molecule has 3 unspecified atom stereocenters. The normalized spacial score (nSPS) is 32.8. The third kappa shape index (κ3) is 4.73. The molecule has 2 rings (SSSR count). The Bertz CT molecular complexity index is 245. The van der Waals surface area contributed by atoms with Crippen LogP contribution in [-0.2, 0) is 4.74 Å². The molecule has 0 bridgehead atoms. The summed E-state index contributed by atoms with van der Waals surface area (Å²) >= 11 is 0. The first-order valence-electron chi connectivity index (χ1n) is 8.40. The predicted molar refractivity (Wildman–Crippen MR) is 80.5 cm³/mol. The summed E-state index contributed by atoms with van der Waals surface area (Å²) in [6, 6.07) is 0.789. The van der Waals surface area contributed by atoms with Crippen molar-refractivity contribution in [3.8, 4) is 0 Å². The standard InChI is InChI=1S/C16H32N2O/c1-3-17-16-9-5-7-14(16)10-12-18-11-6-8-15(13-18)19-4-2/h14-17H,3-13H2,1-2H3. The Kier molecular flexibility index (Phi) is 6.62. The molecular weight excluding hydrogens is 236 g/mol. The van der Waals surface area contributed by atoms with Crippen LogP contribution in [0, 0.1) is 5.92 Å². The van der Waals surface area contributed by atoms with Crippen molar-refractivity contribution in [2.45, 2.75) is 64.5 Å². The molecule has 1 N–H and O–H groups in total. The summed E-state index contributed by atoms with van der Waals surface area (Å²) < 4.78 is 5.79. The van der Waals surface area contributed by atoms with Gasteiger partial charge in [0.2, 0.25) is 0 Å².